The molecule has 6 heteroatoms. The molecule has 1 unspecified atom stereocenters. The van der Waals surface area contributed by atoms with E-state index in [0.717, 1.165) is 12.0 Å². The number of hydrogen-bond donors (Lipinski definition) is 1. The minimum atomic E-state index is -0.242. The van der Waals surface area contributed by atoms with Crippen LogP contribution in [0.15, 0.2) is 22.6 Å². The SMILES string of the molecule is CCC(N)c1nnc(-c2cc(OC)cc(OC)c2)o1. The predicted octanol–water partition coefficient (Wildman–Crippen LogP) is 2.16. The molecule has 0 bridgehead atoms. The highest BCUT2D eigenvalue weighted by atomic mass is 16.5. The van der Waals surface area contributed by atoms with Crippen LogP contribution in [0.1, 0.15) is 25.3 Å². The van der Waals surface area contributed by atoms with Gasteiger partial charge in [0.1, 0.15) is 11.5 Å². The van der Waals surface area contributed by atoms with Gasteiger partial charge in [0.15, 0.2) is 0 Å². The molecule has 0 spiro atoms. The molecule has 19 heavy (non-hydrogen) atoms. The lowest BCUT2D eigenvalue weighted by Gasteiger charge is -2.06. The lowest BCUT2D eigenvalue weighted by molar-refractivity contribution is 0.394. The van der Waals surface area contributed by atoms with Crippen molar-refractivity contribution in [3.63, 3.8) is 0 Å². The molecule has 2 aromatic rings. The summed E-state index contributed by atoms with van der Waals surface area (Å²) in [5, 5.41) is 7.95. The Labute approximate surface area is 111 Å². The van der Waals surface area contributed by atoms with Gasteiger partial charge in [-0.3, -0.25) is 0 Å². The fraction of sp³-hybridized carbons (Fsp3) is 0.385. The molecule has 1 atom stereocenters. The molecule has 0 radical (unpaired) electrons. The summed E-state index contributed by atoms with van der Waals surface area (Å²) < 4.78 is 16.0. The van der Waals surface area contributed by atoms with Gasteiger partial charge in [-0.1, -0.05) is 6.92 Å². The van der Waals surface area contributed by atoms with Gasteiger partial charge in [0.05, 0.1) is 20.3 Å². The molecule has 0 saturated carbocycles. The number of hydrogen-bond acceptors (Lipinski definition) is 6. The zero-order chi connectivity index (χ0) is 13.8. The zero-order valence-corrected chi connectivity index (χ0v) is 11.2. The summed E-state index contributed by atoms with van der Waals surface area (Å²) in [5.41, 5.74) is 6.59. The van der Waals surface area contributed by atoms with Crippen molar-refractivity contribution < 1.29 is 13.9 Å². The summed E-state index contributed by atoms with van der Waals surface area (Å²) in [5.74, 6) is 2.15. The number of aromatic nitrogens is 2. The van der Waals surface area contributed by atoms with Gasteiger partial charge < -0.3 is 19.6 Å². The Morgan fingerprint density at radius 1 is 1.16 bits per heavy atom. The van der Waals surface area contributed by atoms with E-state index in [9.17, 15) is 0 Å². The highest BCUT2D eigenvalue weighted by molar-refractivity contribution is 5.59. The Kier molecular flexibility index (Phi) is 4.01. The number of nitrogens with two attached hydrogens (primary N) is 1. The Morgan fingerprint density at radius 2 is 1.79 bits per heavy atom. The van der Waals surface area contributed by atoms with Crippen molar-refractivity contribution in [3.05, 3.63) is 24.1 Å². The summed E-state index contributed by atoms with van der Waals surface area (Å²) in [6.07, 6.45) is 0.739. The minimum Gasteiger partial charge on any atom is -0.497 e. The third kappa shape index (κ3) is 2.85. The second kappa shape index (κ2) is 5.71. The molecule has 102 valence electrons. The van der Waals surface area contributed by atoms with Crippen LogP contribution in [0.3, 0.4) is 0 Å². The van der Waals surface area contributed by atoms with E-state index < -0.39 is 0 Å². The predicted molar refractivity (Wildman–Crippen MR) is 70.1 cm³/mol. The van der Waals surface area contributed by atoms with Crippen LogP contribution in [-0.2, 0) is 0 Å². The summed E-state index contributed by atoms with van der Waals surface area (Å²) in [7, 11) is 3.18. The van der Waals surface area contributed by atoms with Crippen LogP contribution in [0.5, 0.6) is 11.5 Å². The van der Waals surface area contributed by atoms with Crippen molar-refractivity contribution in [2.24, 2.45) is 5.73 Å². The van der Waals surface area contributed by atoms with Gasteiger partial charge in [0, 0.05) is 11.6 Å². The third-order valence-corrected chi connectivity index (χ3v) is 2.80. The van der Waals surface area contributed by atoms with E-state index in [0.29, 0.717) is 23.3 Å². The molecule has 0 saturated heterocycles. The van der Waals surface area contributed by atoms with Gasteiger partial charge in [0.2, 0.25) is 11.8 Å². The Hall–Kier alpha value is -2.08. The second-order valence-corrected chi connectivity index (χ2v) is 4.06. The first-order valence-electron chi connectivity index (χ1n) is 6.00. The first kappa shape index (κ1) is 13.4. The highest BCUT2D eigenvalue weighted by Gasteiger charge is 2.15. The number of nitrogens with zero attached hydrogens (tertiary/aromatic N) is 2. The van der Waals surface area contributed by atoms with E-state index >= 15 is 0 Å². The molecule has 1 aromatic carbocycles. The Bertz CT molecular complexity index is 532. The summed E-state index contributed by atoms with van der Waals surface area (Å²) in [6, 6.07) is 5.14. The van der Waals surface area contributed by atoms with E-state index in [1.54, 1.807) is 32.4 Å². The molecule has 1 heterocycles. The minimum absolute atomic E-state index is 0.242. The quantitative estimate of drug-likeness (QED) is 0.890. The van der Waals surface area contributed by atoms with Crippen molar-refractivity contribution in [1.82, 2.24) is 10.2 Å². The normalized spacial score (nSPS) is 12.2. The van der Waals surface area contributed by atoms with Crippen LogP contribution in [0.25, 0.3) is 11.5 Å². The van der Waals surface area contributed by atoms with Gasteiger partial charge in [-0.05, 0) is 18.6 Å². The standard InChI is InChI=1S/C13H17N3O3/c1-4-11(14)13-16-15-12(19-13)8-5-9(17-2)7-10(6-8)18-3/h5-7,11H,4,14H2,1-3H3. The van der Waals surface area contributed by atoms with E-state index in [1.165, 1.54) is 0 Å². The molecule has 0 aliphatic rings. The molecule has 2 rings (SSSR count). The molecule has 0 aliphatic heterocycles. The number of methoxy groups -OCH3 is 2. The van der Waals surface area contributed by atoms with E-state index in [2.05, 4.69) is 10.2 Å². The summed E-state index contributed by atoms with van der Waals surface area (Å²) >= 11 is 0. The van der Waals surface area contributed by atoms with Gasteiger partial charge in [-0.25, -0.2) is 0 Å². The van der Waals surface area contributed by atoms with Gasteiger partial charge >= 0.3 is 0 Å². The average Bonchev–Trinajstić information content (AvgIpc) is 2.95. The van der Waals surface area contributed by atoms with E-state index in [4.69, 9.17) is 19.6 Å². The maximum atomic E-state index is 5.85. The third-order valence-electron chi connectivity index (χ3n) is 2.80. The van der Waals surface area contributed by atoms with Gasteiger partial charge in [0.25, 0.3) is 0 Å². The molecule has 0 aliphatic carbocycles. The van der Waals surface area contributed by atoms with E-state index in [-0.39, 0.29) is 6.04 Å². The molecule has 0 fully saturated rings. The topological polar surface area (TPSA) is 83.4 Å². The lowest BCUT2D eigenvalue weighted by atomic mass is 10.2. The largest absolute Gasteiger partial charge is 0.497 e. The first-order valence-corrected chi connectivity index (χ1v) is 6.00. The second-order valence-electron chi connectivity index (χ2n) is 4.06. The number of ether oxygens (including phenoxy) is 2. The molecule has 2 N–H and O–H groups in total. The fourth-order valence-electron chi connectivity index (χ4n) is 1.61. The van der Waals surface area contributed by atoms with Crippen molar-refractivity contribution in [2.45, 2.75) is 19.4 Å². The number of benzene rings is 1. The maximum absolute atomic E-state index is 5.85. The molecule has 1 aromatic heterocycles. The Morgan fingerprint density at radius 3 is 2.32 bits per heavy atom. The molecule has 6 nitrogen and oxygen atoms in total. The van der Waals surface area contributed by atoms with Crippen molar-refractivity contribution in [3.8, 4) is 23.0 Å². The lowest BCUT2D eigenvalue weighted by Crippen LogP contribution is -2.08. The maximum Gasteiger partial charge on any atom is 0.248 e. The molecule has 0 amide bonds. The van der Waals surface area contributed by atoms with Crippen LogP contribution in [0.2, 0.25) is 0 Å². The highest BCUT2D eigenvalue weighted by Crippen LogP contribution is 2.29. The first-order chi connectivity index (χ1) is 9.17. The monoisotopic (exact) mass is 263 g/mol. The van der Waals surface area contributed by atoms with Crippen molar-refractivity contribution >= 4 is 0 Å². The fourth-order valence-corrected chi connectivity index (χ4v) is 1.61. The summed E-state index contributed by atoms with van der Waals surface area (Å²) in [4.78, 5) is 0. The van der Waals surface area contributed by atoms with E-state index in [1.807, 2.05) is 6.92 Å². The van der Waals surface area contributed by atoms with Crippen LogP contribution in [-0.4, -0.2) is 24.4 Å². The van der Waals surface area contributed by atoms with Crippen LogP contribution < -0.4 is 15.2 Å². The molecular formula is C13H17N3O3. The van der Waals surface area contributed by atoms with Gasteiger partial charge in [-0.15, -0.1) is 10.2 Å². The van der Waals surface area contributed by atoms with Crippen LogP contribution in [0, 0.1) is 0 Å². The molecular weight excluding hydrogens is 246 g/mol. The smallest absolute Gasteiger partial charge is 0.248 e. The van der Waals surface area contributed by atoms with Crippen molar-refractivity contribution in [1.29, 1.82) is 0 Å². The zero-order valence-electron chi connectivity index (χ0n) is 11.2. The van der Waals surface area contributed by atoms with Gasteiger partial charge in [-0.2, -0.15) is 0 Å². The van der Waals surface area contributed by atoms with Crippen LogP contribution >= 0.6 is 0 Å². The average molecular weight is 263 g/mol. The Balaban J connectivity index is 2.37. The van der Waals surface area contributed by atoms with Crippen molar-refractivity contribution in [2.75, 3.05) is 14.2 Å². The summed E-state index contributed by atoms with van der Waals surface area (Å²) in [6.45, 7) is 1.96. The van der Waals surface area contributed by atoms with Crippen LogP contribution in [0.4, 0.5) is 0 Å². The number of rotatable bonds is 5.